The molecule has 0 spiro atoms. The van der Waals surface area contributed by atoms with Gasteiger partial charge in [0, 0.05) is 0 Å². The molecule has 3 nitrogen and oxygen atoms in total. The number of aryl methyl sites for hydroxylation is 1. The Balaban J connectivity index is 2.27. The van der Waals surface area contributed by atoms with Crippen LogP contribution in [0.3, 0.4) is 0 Å². The van der Waals surface area contributed by atoms with Crippen LogP contribution in [0.25, 0.3) is 0 Å². The first-order valence-electron chi connectivity index (χ1n) is 5.99. The Bertz CT molecular complexity index is 496. The van der Waals surface area contributed by atoms with Crippen LogP contribution in [-0.2, 0) is 9.84 Å². The minimum Gasteiger partial charge on any atom is -0.330 e. The van der Waals surface area contributed by atoms with Gasteiger partial charge in [0.2, 0.25) is 0 Å². The fourth-order valence-corrected chi connectivity index (χ4v) is 4.44. The van der Waals surface area contributed by atoms with Gasteiger partial charge in [-0.05, 0) is 37.3 Å². The van der Waals surface area contributed by atoms with Crippen LogP contribution in [0.4, 0.5) is 0 Å². The summed E-state index contributed by atoms with van der Waals surface area (Å²) in [5.41, 5.74) is 8.17. The van der Waals surface area contributed by atoms with Gasteiger partial charge in [0.05, 0.1) is 11.5 Å². The van der Waals surface area contributed by atoms with Crippen molar-refractivity contribution in [3.8, 4) is 0 Å². The topological polar surface area (TPSA) is 60.2 Å². The quantitative estimate of drug-likeness (QED) is 0.868. The molecular weight excluding hydrogens is 234 g/mol. The molecule has 2 atom stereocenters. The zero-order valence-corrected chi connectivity index (χ0v) is 10.9. The highest BCUT2D eigenvalue weighted by molar-refractivity contribution is 7.91. The first-order valence-corrected chi connectivity index (χ1v) is 7.81. The lowest BCUT2D eigenvalue weighted by molar-refractivity contribution is 0.431. The van der Waals surface area contributed by atoms with Gasteiger partial charge >= 0.3 is 0 Å². The van der Waals surface area contributed by atoms with Crippen LogP contribution >= 0.6 is 0 Å². The van der Waals surface area contributed by atoms with Crippen LogP contribution < -0.4 is 5.73 Å². The normalized spacial score (nSPS) is 27.9. The van der Waals surface area contributed by atoms with Crippen molar-refractivity contribution in [3.05, 3.63) is 35.4 Å². The Morgan fingerprint density at radius 1 is 1.41 bits per heavy atom. The number of sulfone groups is 1. The fraction of sp³-hybridized carbons (Fsp3) is 0.538. The van der Waals surface area contributed by atoms with Crippen molar-refractivity contribution in [2.75, 3.05) is 18.1 Å². The molecule has 94 valence electrons. The van der Waals surface area contributed by atoms with Gasteiger partial charge < -0.3 is 5.73 Å². The van der Waals surface area contributed by atoms with E-state index in [0.717, 1.165) is 0 Å². The molecule has 1 aliphatic heterocycles. The Morgan fingerprint density at radius 2 is 2.18 bits per heavy atom. The highest BCUT2D eigenvalue weighted by Crippen LogP contribution is 2.33. The van der Waals surface area contributed by atoms with E-state index in [-0.39, 0.29) is 11.7 Å². The summed E-state index contributed by atoms with van der Waals surface area (Å²) in [7, 11) is -2.88. The maximum absolute atomic E-state index is 11.6. The minimum absolute atomic E-state index is 0.0653. The number of rotatable bonds is 2. The fourth-order valence-electron chi connectivity index (χ4n) is 2.64. The van der Waals surface area contributed by atoms with Crippen molar-refractivity contribution in [3.63, 3.8) is 0 Å². The molecule has 0 radical (unpaired) electrons. The molecule has 1 aromatic carbocycles. The lowest BCUT2D eigenvalue weighted by Gasteiger charge is -2.31. The summed E-state index contributed by atoms with van der Waals surface area (Å²) in [6.07, 6.45) is 0.702. The van der Waals surface area contributed by atoms with E-state index in [1.54, 1.807) is 0 Å². The summed E-state index contributed by atoms with van der Waals surface area (Å²) in [5, 5.41) is 0. The molecule has 0 saturated carbocycles. The molecule has 0 aromatic heterocycles. The predicted octanol–water partition coefficient (Wildman–Crippen LogP) is 1.47. The average Bonchev–Trinajstić information content (AvgIpc) is 2.27. The van der Waals surface area contributed by atoms with E-state index in [1.807, 2.05) is 6.07 Å². The second-order valence-electron chi connectivity index (χ2n) is 4.92. The van der Waals surface area contributed by atoms with Crippen LogP contribution in [0, 0.1) is 12.8 Å². The molecule has 1 heterocycles. The molecule has 2 rings (SSSR count). The molecule has 4 heteroatoms. The summed E-state index contributed by atoms with van der Waals surface area (Å²) in [6, 6.07) is 8.31. The van der Waals surface area contributed by atoms with Gasteiger partial charge in [0.25, 0.3) is 0 Å². The molecule has 0 bridgehead atoms. The largest absolute Gasteiger partial charge is 0.330 e. The van der Waals surface area contributed by atoms with Gasteiger partial charge in [0.15, 0.2) is 9.84 Å². The van der Waals surface area contributed by atoms with E-state index in [1.165, 1.54) is 11.1 Å². The summed E-state index contributed by atoms with van der Waals surface area (Å²) in [6.45, 7) is 2.50. The minimum atomic E-state index is -2.88. The van der Waals surface area contributed by atoms with Crippen molar-refractivity contribution in [2.45, 2.75) is 19.3 Å². The van der Waals surface area contributed by atoms with E-state index < -0.39 is 9.84 Å². The molecule has 1 aromatic rings. The maximum Gasteiger partial charge on any atom is 0.150 e. The molecule has 1 saturated heterocycles. The lowest BCUT2D eigenvalue weighted by atomic mass is 9.84. The highest BCUT2D eigenvalue weighted by Gasteiger charge is 2.32. The van der Waals surface area contributed by atoms with E-state index in [0.29, 0.717) is 24.6 Å². The summed E-state index contributed by atoms with van der Waals surface area (Å²) in [5.74, 6) is 0.892. The average molecular weight is 253 g/mol. The third-order valence-corrected chi connectivity index (χ3v) is 5.34. The van der Waals surface area contributed by atoms with Crippen LogP contribution in [-0.4, -0.2) is 26.5 Å². The van der Waals surface area contributed by atoms with Crippen molar-refractivity contribution in [1.29, 1.82) is 0 Å². The zero-order valence-electron chi connectivity index (χ0n) is 10.1. The first-order chi connectivity index (χ1) is 8.02. The smallest absolute Gasteiger partial charge is 0.150 e. The second kappa shape index (κ2) is 4.78. The first kappa shape index (κ1) is 12.6. The van der Waals surface area contributed by atoms with Gasteiger partial charge in [0.1, 0.15) is 0 Å². The third kappa shape index (κ3) is 2.87. The Morgan fingerprint density at radius 3 is 2.82 bits per heavy atom. The molecule has 0 aliphatic carbocycles. The Kier molecular flexibility index (Phi) is 3.54. The number of hydrogen-bond acceptors (Lipinski definition) is 3. The number of benzene rings is 1. The lowest BCUT2D eigenvalue weighted by Crippen LogP contribution is -2.36. The predicted molar refractivity (Wildman–Crippen MR) is 69.7 cm³/mol. The van der Waals surface area contributed by atoms with Gasteiger partial charge in [-0.3, -0.25) is 0 Å². The van der Waals surface area contributed by atoms with Crippen LogP contribution in [0.1, 0.15) is 23.5 Å². The Hall–Kier alpha value is -0.870. The van der Waals surface area contributed by atoms with E-state index in [4.69, 9.17) is 5.73 Å². The molecule has 1 aliphatic rings. The summed E-state index contributed by atoms with van der Waals surface area (Å²) in [4.78, 5) is 0. The molecule has 1 fully saturated rings. The standard InChI is InChI=1S/C13H19NO2S/c1-10-3-2-4-11(7-10)13-5-6-17(15,16)9-12(13)8-14/h2-4,7,12-13H,5-6,8-9,14H2,1H3. The highest BCUT2D eigenvalue weighted by atomic mass is 32.2. The van der Waals surface area contributed by atoms with Crippen LogP contribution in [0.2, 0.25) is 0 Å². The van der Waals surface area contributed by atoms with Crippen molar-refractivity contribution in [1.82, 2.24) is 0 Å². The molecule has 0 amide bonds. The monoisotopic (exact) mass is 253 g/mol. The maximum atomic E-state index is 11.6. The zero-order chi connectivity index (χ0) is 12.5. The van der Waals surface area contributed by atoms with Gasteiger partial charge in [-0.1, -0.05) is 29.8 Å². The summed E-state index contributed by atoms with van der Waals surface area (Å²) < 4.78 is 23.2. The van der Waals surface area contributed by atoms with Crippen molar-refractivity contribution >= 4 is 9.84 Å². The van der Waals surface area contributed by atoms with Crippen LogP contribution in [0.15, 0.2) is 24.3 Å². The van der Waals surface area contributed by atoms with Gasteiger partial charge in [-0.2, -0.15) is 0 Å². The van der Waals surface area contributed by atoms with E-state index >= 15 is 0 Å². The van der Waals surface area contributed by atoms with Gasteiger partial charge in [-0.25, -0.2) is 8.42 Å². The Labute approximate surface area is 103 Å². The van der Waals surface area contributed by atoms with Gasteiger partial charge in [-0.15, -0.1) is 0 Å². The van der Waals surface area contributed by atoms with E-state index in [2.05, 4.69) is 25.1 Å². The van der Waals surface area contributed by atoms with Crippen molar-refractivity contribution < 1.29 is 8.42 Å². The number of nitrogens with two attached hydrogens (primary N) is 1. The molecule has 2 unspecified atom stereocenters. The van der Waals surface area contributed by atoms with Crippen LogP contribution in [0.5, 0.6) is 0 Å². The second-order valence-corrected chi connectivity index (χ2v) is 7.15. The number of hydrogen-bond donors (Lipinski definition) is 1. The summed E-state index contributed by atoms with van der Waals surface area (Å²) >= 11 is 0. The van der Waals surface area contributed by atoms with E-state index in [9.17, 15) is 8.42 Å². The molecular formula is C13H19NO2S. The SMILES string of the molecule is Cc1cccc(C2CCS(=O)(=O)CC2CN)c1. The van der Waals surface area contributed by atoms with Crippen molar-refractivity contribution in [2.24, 2.45) is 11.7 Å². The molecule has 17 heavy (non-hydrogen) atoms. The molecule has 2 N–H and O–H groups in total. The third-order valence-electron chi connectivity index (χ3n) is 3.55.